The van der Waals surface area contributed by atoms with Gasteiger partial charge in [-0.25, -0.2) is 13.4 Å². The van der Waals surface area contributed by atoms with Crippen LogP contribution in [0.2, 0.25) is 5.02 Å². The van der Waals surface area contributed by atoms with Gasteiger partial charge in [0.25, 0.3) is 15.9 Å². The van der Waals surface area contributed by atoms with E-state index >= 15 is 0 Å². The molecule has 2 fully saturated rings. The molecule has 2 saturated heterocycles. The summed E-state index contributed by atoms with van der Waals surface area (Å²) in [6, 6.07) is 7.07. The van der Waals surface area contributed by atoms with E-state index in [2.05, 4.69) is 16.9 Å². The Hall–Kier alpha value is -1.56. The zero-order valence-electron chi connectivity index (χ0n) is 18.2. The second-order valence-corrected chi connectivity index (χ2v) is 13.4. The van der Waals surface area contributed by atoms with E-state index in [1.54, 1.807) is 23.1 Å². The number of rotatable bonds is 4. The number of hydrogen-bond acceptors (Lipinski definition) is 7. The maximum atomic E-state index is 13.2. The number of halogens is 1. The van der Waals surface area contributed by atoms with Crippen molar-refractivity contribution >= 4 is 60.3 Å². The van der Waals surface area contributed by atoms with Crippen molar-refractivity contribution in [1.29, 1.82) is 0 Å². The lowest BCUT2D eigenvalue weighted by Gasteiger charge is -2.33. The second kappa shape index (κ2) is 9.24. The van der Waals surface area contributed by atoms with E-state index in [0.717, 1.165) is 40.9 Å². The molecule has 1 unspecified atom stereocenters. The van der Waals surface area contributed by atoms with E-state index in [9.17, 15) is 13.2 Å². The third-order valence-electron chi connectivity index (χ3n) is 6.31. The normalized spacial score (nSPS) is 21.0. The predicted octanol–water partition coefficient (Wildman–Crippen LogP) is 3.97. The first-order valence-corrected chi connectivity index (χ1v) is 14.4. The van der Waals surface area contributed by atoms with Gasteiger partial charge in [0.05, 0.1) is 0 Å². The number of carbonyl (C=O) groups excluding carboxylic acids is 1. The summed E-state index contributed by atoms with van der Waals surface area (Å²) >= 11 is 8.75. The molecule has 4 heterocycles. The van der Waals surface area contributed by atoms with Crippen LogP contribution in [0.15, 0.2) is 34.7 Å². The summed E-state index contributed by atoms with van der Waals surface area (Å²) < 4.78 is 29.0. The number of likely N-dealkylation sites (tertiary alicyclic amines) is 1. The summed E-state index contributed by atoms with van der Waals surface area (Å²) in [6.07, 6.45) is 4.13. The van der Waals surface area contributed by atoms with Crippen LogP contribution in [0.25, 0.3) is 10.1 Å². The molecule has 7 nitrogen and oxygen atoms in total. The summed E-state index contributed by atoms with van der Waals surface area (Å²) in [4.78, 5) is 22.6. The van der Waals surface area contributed by atoms with Gasteiger partial charge in [-0.3, -0.25) is 4.79 Å². The number of nitrogens with zero attached hydrogens (tertiary/aromatic N) is 4. The monoisotopic (exact) mass is 524 g/mol. The molecule has 0 radical (unpaired) electrons. The largest absolute Gasteiger partial charge is 0.334 e. The first kappa shape index (κ1) is 23.2. The van der Waals surface area contributed by atoms with Crippen LogP contribution in [0.5, 0.6) is 0 Å². The number of carbonyl (C=O) groups is 1. The molecule has 0 N–H and O–H groups in total. The Bertz CT molecular complexity index is 1280. The van der Waals surface area contributed by atoms with Crippen molar-refractivity contribution in [1.82, 2.24) is 19.1 Å². The van der Waals surface area contributed by atoms with Crippen molar-refractivity contribution in [3.63, 3.8) is 0 Å². The average molecular weight is 525 g/mol. The summed E-state index contributed by atoms with van der Waals surface area (Å²) in [5.41, 5.74) is 0. The Balaban J connectivity index is 1.24. The first-order valence-electron chi connectivity index (χ1n) is 10.9. The molecular formula is C22H25ClN4O3S3. The highest BCUT2D eigenvalue weighted by molar-refractivity contribution is 7.91. The smallest absolute Gasteiger partial charge is 0.282 e. The first-order chi connectivity index (χ1) is 15.8. The minimum absolute atomic E-state index is 0.107. The van der Waals surface area contributed by atoms with E-state index in [1.165, 1.54) is 27.0 Å². The minimum atomic E-state index is -3.61. The highest BCUT2D eigenvalue weighted by Crippen LogP contribution is 2.34. The Morgan fingerprint density at radius 3 is 2.67 bits per heavy atom. The number of fused-ring (bicyclic) bond motifs is 1. The highest BCUT2D eigenvalue weighted by atomic mass is 35.5. The molecule has 0 saturated carbocycles. The number of likely N-dealkylation sites (N-methyl/N-ethyl adjacent to an activating group) is 1. The van der Waals surface area contributed by atoms with Gasteiger partial charge in [0, 0.05) is 59.4 Å². The molecule has 2 aliphatic heterocycles. The molecule has 0 bridgehead atoms. The van der Waals surface area contributed by atoms with E-state index in [0.29, 0.717) is 33.2 Å². The fourth-order valence-corrected chi connectivity index (χ4v) is 8.74. The molecule has 11 heteroatoms. The molecule has 176 valence electrons. The summed E-state index contributed by atoms with van der Waals surface area (Å²) in [5, 5.41) is 1.94. The molecule has 1 aromatic carbocycles. The van der Waals surface area contributed by atoms with Crippen molar-refractivity contribution in [3.8, 4) is 0 Å². The topological polar surface area (TPSA) is 73.8 Å². The number of amides is 1. The standard InChI is InChI=1S/C22H25ClN4O3S3/c1-25-6-2-3-16(14-25)19-13-24-21(32-19)22(28)26-7-9-27(10-8-26)33(29,30)20-11-15-4-5-17(23)12-18(15)31-20/h4-5,11-13,16H,2-3,6-10,14H2,1H3. The van der Waals surface area contributed by atoms with Gasteiger partial charge in [-0.1, -0.05) is 17.7 Å². The lowest BCUT2D eigenvalue weighted by Crippen LogP contribution is -2.50. The lowest BCUT2D eigenvalue weighted by atomic mass is 9.97. The maximum absolute atomic E-state index is 13.2. The summed E-state index contributed by atoms with van der Waals surface area (Å²) in [7, 11) is -1.49. The molecular weight excluding hydrogens is 500 g/mol. The van der Waals surface area contributed by atoms with Crippen LogP contribution in [0.3, 0.4) is 0 Å². The van der Waals surface area contributed by atoms with Crippen molar-refractivity contribution in [2.24, 2.45) is 0 Å². The summed E-state index contributed by atoms with van der Waals surface area (Å²) in [5.74, 6) is 0.324. The Labute approximate surface area is 206 Å². The molecule has 0 spiro atoms. The van der Waals surface area contributed by atoms with Crippen LogP contribution < -0.4 is 0 Å². The van der Waals surface area contributed by atoms with Gasteiger partial charge in [0.2, 0.25) is 0 Å². The lowest BCUT2D eigenvalue weighted by molar-refractivity contribution is 0.0697. The summed E-state index contributed by atoms with van der Waals surface area (Å²) in [6.45, 7) is 3.37. The third-order valence-corrected chi connectivity index (χ3v) is 11.1. The van der Waals surface area contributed by atoms with Crippen molar-refractivity contribution < 1.29 is 13.2 Å². The van der Waals surface area contributed by atoms with E-state index in [-0.39, 0.29) is 19.0 Å². The van der Waals surface area contributed by atoms with Crippen LogP contribution in [-0.4, -0.2) is 79.7 Å². The van der Waals surface area contributed by atoms with Crippen LogP contribution in [0.4, 0.5) is 0 Å². The van der Waals surface area contributed by atoms with Crippen molar-refractivity contribution in [2.75, 3.05) is 46.3 Å². The SMILES string of the molecule is CN1CCCC(c2cnc(C(=O)N3CCN(S(=O)(=O)c4cc5ccc(Cl)cc5s4)CC3)s2)C1. The van der Waals surface area contributed by atoms with Crippen LogP contribution in [0, 0.1) is 0 Å². The molecule has 1 amide bonds. The quantitative estimate of drug-likeness (QED) is 0.516. The molecule has 33 heavy (non-hydrogen) atoms. The Kier molecular flexibility index (Phi) is 6.49. The van der Waals surface area contributed by atoms with Gasteiger partial charge in [-0.05, 0) is 50.0 Å². The second-order valence-electron chi connectivity index (χ2n) is 8.61. The fraction of sp³-hybridized carbons (Fsp3) is 0.455. The van der Waals surface area contributed by atoms with Gasteiger partial charge in [0.1, 0.15) is 4.21 Å². The molecule has 2 aliphatic rings. The molecule has 2 aromatic heterocycles. The number of thiazole rings is 1. The Morgan fingerprint density at radius 1 is 1.12 bits per heavy atom. The van der Waals surface area contributed by atoms with E-state index < -0.39 is 10.0 Å². The third kappa shape index (κ3) is 4.69. The maximum Gasteiger partial charge on any atom is 0.282 e. The predicted molar refractivity (Wildman–Crippen MR) is 133 cm³/mol. The molecule has 5 rings (SSSR count). The molecule has 1 atom stereocenters. The van der Waals surface area contributed by atoms with Crippen molar-refractivity contribution in [3.05, 3.63) is 45.4 Å². The van der Waals surface area contributed by atoms with Crippen LogP contribution in [-0.2, 0) is 10.0 Å². The zero-order valence-corrected chi connectivity index (χ0v) is 21.4. The number of aromatic nitrogens is 1. The minimum Gasteiger partial charge on any atom is -0.334 e. The number of hydrogen-bond donors (Lipinski definition) is 0. The highest BCUT2D eigenvalue weighted by Gasteiger charge is 2.33. The van der Waals surface area contributed by atoms with Gasteiger partial charge >= 0.3 is 0 Å². The fourth-order valence-electron chi connectivity index (χ4n) is 4.47. The van der Waals surface area contributed by atoms with Crippen molar-refractivity contribution in [2.45, 2.75) is 23.0 Å². The van der Waals surface area contributed by atoms with Crippen LogP contribution in [0.1, 0.15) is 33.4 Å². The van der Waals surface area contributed by atoms with Gasteiger partial charge < -0.3 is 9.80 Å². The number of piperazine rings is 1. The zero-order chi connectivity index (χ0) is 23.2. The molecule has 3 aromatic rings. The van der Waals surface area contributed by atoms with Gasteiger partial charge in [-0.2, -0.15) is 4.31 Å². The van der Waals surface area contributed by atoms with Crippen LogP contribution >= 0.6 is 34.3 Å². The number of sulfonamides is 1. The molecule has 0 aliphatic carbocycles. The number of piperidine rings is 1. The van der Waals surface area contributed by atoms with E-state index in [4.69, 9.17) is 11.6 Å². The Morgan fingerprint density at radius 2 is 1.91 bits per heavy atom. The van der Waals surface area contributed by atoms with Gasteiger partial charge in [-0.15, -0.1) is 22.7 Å². The van der Waals surface area contributed by atoms with Gasteiger partial charge in [0.15, 0.2) is 5.01 Å². The average Bonchev–Trinajstić information content (AvgIpc) is 3.46. The number of thiophene rings is 1. The number of benzene rings is 1. The van der Waals surface area contributed by atoms with E-state index in [1.807, 2.05) is 12.3 Å².